The molecule has 1 aliphatic rings. The van der Waals surface area contributed by atoms with E-state index in [1.165, 1.54) is 31.7 Å². The maximum atomic E-state index is 13.6. The highest BCUT2D eigenvalue weighted by Crippen LogP contribution is 2.19. The average molecular weight is 300 g/mol. The first-order valence-electron chi connectivity index (χ1n) is 7.87. The Labute approximate surface area is 130 Å². The zero-order chi connectivity index (χ0) is 15.2. The molecule has 0 radical (unpaired) electrons. The molecule has 1 aliphatic heterocycles. The second-order valence-electron chi connectivity index (χ2n) is 5.61. The zero-order valence-electron chi connectivity index (χ0n) is 12.6. The highest BCUT2D eigenvalue weighted by Gasteiger charge is 2.11. The number of aromatic nitrogens is 2. The van der Waals surface area contributed by atoms with Gasteiger partial charge in [0.2, 0.25) is 0 Å². The number of rotatable bonds is 4. The van der Waals surface area contributed by atoms with E-state index in [2.05, 4.69) is 20.2 Å². The first kappa shape index (κ1) is 14.8. The predicted molar refractivity (Wildman–Crippen MR) is 86.4 cm³/mol. The maximum absolute atomic E-state index is 13.6. The number of nitrogens with zero attached hydrogens (tertiary/aromatic N) is 3. The molecule has 0 bridgehead atoms. The van der Waals surface area contributed by atoms with Gasteiger partial charge in [0.15, 0.2) is 0 Å². The lowest BCUT2D eigenvalue weighted by atomic mass is 10.2. The molecule has 0 unspecified atom stereocenters. The second kappa shape index (κ2) is 7.20. The van der Waals surface area contributed by atoms with E-state index in [1.807, 2.05) is 12.1 Å². The van der Waals surface area contributed by atoms with Gasteiger partial charge in [0.05, 0.1) is 0 Å². The van der Waals surface area contributed by atoms with Crippen LogP contribution in [0.3, 0.4) is 0 Å². The van der Waals surface area contributed by atoms with Crippen LogP contribution >= 0.6 is 0 Å². The normalized spacial score (nSPS) is 15.4. The van der Waals surface area contributed by atoms with Gasteiger partial charge in [-0.1, -0.05) is 31.0 Å². The Morgan fingerprint density at radius 1 is 1.05 bits per heavy atom. The Balaban J connectivity index is 1.67. The van der Waals surface area contributed by atoms with Crippen LogP contribution in [0.5, 0.6) is 0 Å². The summed E-state index contributed by atoms with van der Waals surface area (Å²) in [7, 11) is 0. The van der Waals surface area contributed by atoms with Gasteiger partial charge in [-0.2, -0.15) is 0 Å². The molecule has 0 aliphatic carbocycles. The van der Waals surface area contributed by atoms with Gasteiger partial charge in [-0.15, -0.1) is 0 Å². The van der Waals surface area contributed by atoms with Crippen molar-refractivity contribution >= 4 is 11.6 Å². The molecule has 2 aromatic rings. The fraction of sp³-hybridized carbons (Fsp3) is 0.412. The standard InChI is InChI=1S/C17H21FN4/c18-15-8-4-3-7-14(15)12-19-16-11-17(21-13-20-16)22-9-5-1-2-6-10-22/h3-4,7-8,11,13H,1-2,5-6,9-10,12H2,(H,19,20,21). The summed E-state index contributed by atoms with van der Waals surface area (Å²) >= 11 is 0. The van der Waals surface area contributed by atoms with Crippen LogP contribution in [0, 0.1) is 5.82 Å². The van der Waals surface area contributed by atoms with Crippen LogP contribution in [0.2, 0.25) is 0 Å². The van der Waals surface area contributed by atoms with Gasteiger partial charge in [-0.3, -0.25) is 0 Å². The van der Waals surface area contributed by atoms with E-state index in [0.717, 1.165) is 24.7 Å². The van der Waals surface area contributed by atoms with E-state index in [9.17, 15) is 4.39 Å². The minimum Gasteiger partial charge on any atom is -0.366 e. The molecule has 1 saturated heterocycles. The lowest BCUT2D eigenvalue weighted by molar-refractivity contribution is 0.613. The van der Waals surface area contributed by atoms with Gasteiger partial charge in [0.1, 0.15) is 23.8 Å². The van der Waals surface area contributed by atoms with Crippen molar-refractivity contribution in [3.63, 3.8) is 0 Å². The van der Waals surface area contributed by atoms with Crippen molar-refractivity contribution in [2.45, 2.75) is 32.2 Å². The Bertz CT molecular complexity index is 609. The average Bonchev–Trinajstić information content (AvgIpc) is 2.84. The van der Waals surface area contributed by atoms with Crippen LogP contribution in [0.1, 0.15) is 31.2 Å². The summed E-state index contributed by atoms with van der Waals surface area (Å²) in [6, 6.07) is 8.73. The Morgan fingerprint density at radius 3 is 2.59 bits per heavy atom. The molecule has 0 amide bonds. The largest absolute Gasteiger partial charge is 0.366 e. The van der Waals surface area contributed by atoms with Crippen LogP contribution < -0.4 is 10.2 Å². The van der Waals surface area contributed by atoms with Crippen LogP contribution in [-0.2, 0) is 6.54 Å². The molecule has 3 rings (SSSR count). The lowest BCUT2D eigenvalue weighted by Gasteiger charge is -2.21. The molecule has 0 atom stereocenters. The van der Waals surface area contributed by atoms with Crippen molar-refractivity contribution in [3.05, 3.63) is 48.0 Å². The van der Waals surface area contributed by atoms with E-state index < -0.39 is 0 Å². The smallest absolute Gasteiger partial charge is 0.134 e. The number of halogens is 1. The molecule has 22 heavy (non-hydrogen) atoms. The van der Waals surface area contributed by atoms with Gasteiger partial charge < -0.3 is 10.2 Å². The van der Waals surface area contributed by atoms with Crippen molar-refractivity contribution in [3.8, 4) is 0 Å². The third-order valence-corrected chi connectivity index (χ3v) is 4.00. The van der Waals surface area contributed by atoms with E-state index in [1.54, 1.807) is 18.5 Å². The van der Waals surface area contributed by atoms with Gasteiger partial charge in [0.25, 0.3) is 0 Å². The minimum atomic E-state index is -0.197. The van der Waals surface area contributed by atoms with Crippen LogP contribution in [0.4, 0.5) is 16.0 Å². The van der Waals surface area contributed by atoms with E-state index in [0.29, 0.717) is 12.1 Å². The first-order valence-corrected chi connectivity index (χ1v) is 7.87. The van der Waals surface area contributed by atoms with Crippen LogP contribution in [0.15, 0.2) is 36.7 Å². The molecule has 2 heterocycles. The Hall–Kier alpha value is -2.17. The molecule has 5 heteroatoms. The van der Waals surface area contributed by atoms with E-state index in [-0.39, 0.29) is 5.82 Å². The number of hydrogen-bond acceptors (Lipinski definition) is 4. The van der Waals surface area contributed by atoms with E-state index >= 15 is 0 Å². The predicted octanol–water partition coefficient (Wildman–Crippen LogP) is 3.61. The fourth-order valence-electron chi connectivity index (χ4n) is 2.74. The molecular weight excluding hydrogens is 279 g/mol. The SMILES string of the molecule is Fc1ccccc1CNc1cc(N2CCCCCC2)ncn1. The van der Waals surface area contributed by atoms with Crippen molar-refractivity contribution in [2.24, 2.45) is 0 Å². The third-order valence-electron chi connectivity index (χ3n) is 4.00. The summed E-state index contributed by atoms with van der Waals surface area (Å²) in [6.07, 6.45) is 6.58. The maximum Gasteiger partial charge on any atom is 0.134 e. The van der Waals surface area contributed by atoms with E-state index in [4.69, 9.17) is 0 Å². The monoisotopic (exact) mass is 300 g/mol. The van der Waals surface area contributed by atoms with Crippen LogP contribution in [-0.4, -0.2) is 23.1 Å². The fourth-order valence-corrected chi connectivity index (χ4v) is 2.74. The highest BCUT2D eigenvalue weighted by molar-refractivity contribution is 5.48. The van der Waals surface area contributed by atoms with Gasteiger partial charge >= 0.3 is 0 Å². The third kappa shape index (κ3) is 3.72. The highest BCUT2D eigenvalue weighted by atomic mass is 19.1. The van der Waals surface area contributed by atoms with Gasteiger partial charge in [0, 0.05) is 31.3 Å². The number of benzene rings is 1. The summed E-state index contributed by atoms with van der Waals surface area (Å²) in [5, 5.41) is 3.18. The number of anilines is 2. The molecule has 1 fully saturated rings. The molecule has 1 aromatic carbocycles. The quantitative estimate of drug-likeness (QED) is 0.936. The molecule has 1 aromatic heterocycles. The summed E-state index contributed by atoms with van der Waals surface area (Å²) in [5.74, 6) is 1.49. The lowest BCUT2D eigenvalue weighted by Crippen LogP contribution is -2.25. The van der Waals surface area contributed by atoms with Crippen LogP contribution in [0.25, 0.3) is 0 Å². The molecule has 1 N–H and O–H groups in total. The summed E-state index contributed by atoms with van der Waals surface area (Å²) in [5.41, 5.74) is 0.637. The van der Waals surface area contributed by atoms with Crippen molar-refractivity contribution < 1.29 is 4.39 Å². The summed E-state index contributed by atoms with van der Waals surface area (Å²) < 4.78 is 13.6. The van der Waals surface area contributed by atoms with Crippen molar-refractivity contribution in [2.75, 3.05) is 23.3 Å². The van der Waals surface area contributed by atoms with Gasteiger partial charge in [-0.25, -0.2) is 14.4 Å². The Morgan fingerprint density at radius 2 is 1.82 bits per heavy atom. The number of nitrogens with one attached hydrogen (secondary N) is 1. The Kier molecular flexibility index (Phi) is 4.83. The first-order chi connectivity index (χ1) is 10.8. The topological polar surface area (TPSA) is 41.0 Å². The molecule has 116 valence electrons. The number of hydrogen-bond donors (Lipinski definition) is 1. The second-order valence-corrected chi connectivity index (χ2v) is 5.61. The van der Waals surface area contributed by atoms with Gasteiger partial charge in [-0.05, 0) is 18.9 Å². The summed E-state index contributed by atoms with van der Waals surface area (Å²) in [4.78, 5) is 10.9. The van der Waals surface area contributed by atoms with Crippen molar-refractivity contribution in [1.29, 1.82) is 0 Å². The minimum absolute atomic E-state index is 0.197. The van der Waals surface area contributed by atoms with Crippen molar-refractivity contribution in [1.82, 2.24) is 9.97 Å². The molecule has 4 nitrogen and oxygen atoms in total. The zero-order valence-corrected chi connectivity index (χ0v) is 12.6. The molecular formula is C17H21FN4. The summed E-state index contributed by atoms with van der Waals surface area (Å²) in [6.45, 7) is 2.51. The molecule has 0 spiro atoms. The molecule has 0 saturated carbocycles.